The van der Waals surface area contributed by atoms with Crippen molar-refractivity contribution in [3.8, 4) is 5.75 Å². The highest BCUT2D eigenvalue weighted by atomic mass is 16.6. The maximum absolute atomic E-state index is 11.6. The van der Waals surface area contributed by atoms with E-state index in [-0.39, 0.29) is 5.75 Å². The molecule has 0 radical (unpaired) electrons. The minimum atomic E-state index is -0.556. The molecule has 2 aromatic rings. The van der Waals surface area contributed by atoms with Crippen LogP contribution >= 0.6 is 0 Å². The van der Waals surface area contributed by atoms with E-state index in [1.165, 1.54) is 0 Å². The predicted octanol–water partition coefficient (Wildman–Crippen LogP) is 3.29. The zero-order chi connectivity index (χ0) is 14.0. The first-order valence-electron chi connectivity index (χ1n) is 5.92. The highest BCUT2D eigenvalue weighted by Gasteiger charge is 2.16. The number of hydrogen-bond donors (Lipinski definition) is 2. The lowest BCUT2D eigenvalue weighted by molar-refractivity contribution is 0.0635. The molecule has 100 valence electrons. The molecule has 2 N–H and O–H groups in total. The number of phenolic OH excluding ortho intramolecular Hbond substituents is 1. The van der Waals surface area contributed by atoms with Crippen molar-refractivity contribution in [3.05, 3.63) is 30.5 Å². The average molecular weight is 260 g/mol. The summed E-state index contributed by atoms with van der Waals surface area (Å²) in [6, 6.07) is 6.64. The minimum Gasteiger partial charge on any atom is -0.508 e. The summed E-state index contributed by atoms with van der Waals surface area (Å²) in [5, 5.41) is 13.7. The Hall–Kier alpha value is -2.30. The maximum atomic E-state index is 11.6. The number of carbonyl (C=O) groups excluding carboxylic acids is 1. The van der Waals surface area contributed by atoms with E-state index in [9.17, 15) is 9.90 Å². The molecule has 1 amide bonds. The van der Waals surface area contributed by atoms with Crippen molar-refractivity contribution >= 4 is 22.7 Å². The van der Waals surface area contributed by atoms with Crippen LogP contribution in [-0.2, 0) is 4.74 Å². The third-order valence-corrected chi connectivity index (χ3v) is 2.33. The predicted molar refractivity (Wildman–Crippen MR) is 73.3 cm³/mol. The third kappa shape index (κ3) is 3.58. The van der Waals surface area contributed by atoms with Crippen molar-refractivity contribution in [1.82, 2.24) is 4.98 Å². The van der Waals surface area contributed by atoms with Crippen LogP contribution in [0.1, 0.15) is 20.8 Å². The fourth-order valence-corrected chi connectivity index (χ4v) is 1.60. The largest absolute Gasteiger partial charge is 0.508 e. The van der Waals surface area contributed by atoms with Crippen LogP contribution in [0.15, 0.2) is 30.5 Å². The van der Waals surface area contributed by atoms with Gasteiger partial charge in [0.25, 0.3) is 0 Å². The molecule has 0 aliphatic heterocycles. The molecule has 0 saturated carbocycles. The standard InChI is InChI=1S/C14H16N2O3/c1-14(2,3)19-13(18)16-12-7-10-6-11(17)5-4-9(10)8-15-12/h4-8,17H,1-3H3,(H,15,16,18). The smallest absolute Gasteiger partial charge is 0.413 e. The molecule has 1 heterocycles. The topological polar surface area (TPSA) is 71.5 Å². The molecule has 0 saturated heterocycles. The van der Waals surface area contributed by atoms with Crippen LogP contribution in [0.25, 0.3) is 10.8 Å². The van der Waals surface area contributed by atoms with Crippen molar-refractivity contribution in [3.63, 3.8) is 0 Å². The van der Waals surface area contributed by atoms with Gasteiger partial charge in [-0.3, -0.25) is 5.32 Å². The fourth-order valence-electron chi connectivity index (χ4n) is 1.60. The van der Waals surface area contributed by atoms with E-state index in [0.29, 0.717) is 5.82 Å². The Morgan fingerprint density at radius 3 is 2.68 bits per heavy atom. The summed E-state index contributed by atoms with van der Waals surface area (Å²) in [7, 11) is 0. The van der Waals surface area contributed by atoms with Crippen LogP contribution in [0.5, 0.6) is 5.75 Å². The zero-order valence-corrected chi connectivity index (χ0v) is 11.1. The lowest BCUT2D eigenvalue weighted by atomic mass is 10.1. The molecule has 2 rings (SSSR count). The van der Waals surface area contributed by atoms with E-state index in [0.717, 1.165) is 10.8 Å². The average Bonchev–Trinajstić information content (AvgIpc) is 2.25. The Labute approximate surface area is 111 Å². The second-order valence-electron chi connectivity index (χ2n) is 5.23. The molecule has 0 aliphatic rings. The SMILES string of the molecule is CC(C)(C)OC(=O)Nc1cc2cc(O)ccc2cn1. The maximum Gasteiger partial charge on any atom is 0.413 e. The molecule has 5 nitrogen and oxygen atoms in total. The molecule has 0 aliphatic carbocycles. The van der Waals surface area contributed by atoms with Crippen LogP contribution in [0.2, 0.25) is 0 Å². The summed E-state index contributed by atoms with van der Waals surface area (Å²) in [6.07, 6.45) is 1.07. The Balaban J connectivity index is 2.19. The van der Waals surface area contributed by atoms with Crippen molar-refractivity contribution in [2.45, 2.75) is 26.4 Å². The van der Waals surface area contributed by atoms with E-state index in [1.807, 2.05) is 0 Å². The lowest BCUT2D eigenvalue weighted by Crippen LogP contribution is -2.27. The number of ether oxygens (including phenoxy) is 1. The van der Waals surface area contributed by atoms with E-state index in [4.69, 9.17) is 4.74 Å². The summed E-state index contributed by atoms with van der Waals surface area (Å²) in [5.41, 5.74) is -0.556. The second kappa shape index (κ2) is 4.76. The van der Waals surface area contributed by atoms with Crippen molar-refractivity contribution in [2.75, 3.05) is 5.32 Å². The number of nitrogens with one attached hydrogen (secondary N) is 1. The highest BCUT2D eigenvalue weighted by Crippen LogP contribution is 2.21. The summed E-state index contributed by atoms with van der Waals surface area (Å²) in [4.78, 5) is 15.7. The summed E-state index contributed by atoms with van der Waals surface area (Å²) >= 11 is 0. The molecular weight excluding hydrogens is 244 g/mol. The first-order valence-corrected chi connectivity index (χ1v) is 5.92. The second-order valence-corrected chi connectivity index (χ2v) is 5.23. The number of carbonyl (C=O) groups is 1. The number of nitrogens with zero attached hydrogens (tertiary/aromatic N) is 1. The monoisotopic (exact) mass is 260 g/mol. The third-order valence-electron chi connectivity index (χ3n) is 2.33. The van der Waals surface area contributed by atoms with Crippen LogP contribution in [0.4, 0.5) is 10.6 Å². The number of rotatable bonds is 1. The molecule has 0 spiro atoms. The molecule has 0 atom stereocenters. The van der Waals surface area contributed by atoms with E-state index in [2.05, 4.69) is 10.3 Å². The van der Waals surface area contributed by atoms with Crippen LogP contribution in [0.3, 0.4) is 0 Å². The van der Waals surface area contributed by atoms with Crippen molar-refractivity contribution < 1.29 is 14.6 Å². The number of hydrogen-bond acceptors (Lipinski definition) is 4. The van der Waals surface area contributed by atoms with Gasteiger partial charge < -0.3 is 9.84 Å². The quantitative estimate of drug-likeness (QED) is 0.825. The Morgan fingerprint density at radius 1 is 1.26 bits per heavy atom. The molecule has 0 fully saturated rings. The highest BCUT2D eigenvalue weighted by molar-refractivity contribution is 5.89. The van der Waals surface area contributed by atoms with E-state index in [1.54, 1.807) is 51.2 Å². The minimum absolute atomic E-state index is 0.168. The number of amides is 1. The molecule has 1 aromatic carbocycles. The summed E-state index contributed by atoms with van der Waals surface area (Å²) < 4.78 is 5.14. The molecule has 0 unspecified atom stereocenters. The number of pyridine rings is 1. The Morgan fingerprint density at radius 2 is 2.00 bits per heavy atom. The molecular formula is C14H16N2O3. The number of benzene rings is 1. The first kappa shape index (κ1) is 13.1. The van der Waals surface area contributed by atoms with E-state index < -0.39 is 11.7 Å². The number of aromatic hydroxyl groups is 1. The van der Waals surface area contributed by atoms with E-state index >= 15 is 0 Å². The lowest BCUT2D eigenvalue weighted by Gasteiger charge is -2.19. The van der Waals surface area contributed by atoms with Gasteiger partial charge in [0.05, 0.1) is 0 Å². The number of aromatic nitrogens is 1. The first-order chi connectivity index (χ1) is 8.83. The van der Waals surface area contributed by atoms with Gasteiger partial charge >= 0.3 is 6.09 Å². The number of phenols is 1. The molecule has 19 heavy (non-hydrogen) atoms. The molecule has 1 aromatic heterocycles. The van der Waals surface area contributed by atoms with Gasteiger partial charge in [0.2, 0.25) is 0 Å². The summed E-state index contributed by atoms with van der Waals surface area (Å²) in [6.45, 7) is 5.37. The normalized spacial score (nSPS) is 11.3. The fraction of sp³-hybridized carbons (Fsp3) is 0.286. The zero-order valence-electron chi connectivity index (χ0n) is 11.1. The Bertz CT molecular complexity index is 618. The molecule has 5 heteroatoms. The van der Waals surface area contributed by atoms with Crippen molar-refractivity contribution in [1.29, 1.82) is 0 Å². The van der Waals surface area contributed by atoms with Crippen molar-refractivity contribution in [2.24, 2.45) is 0 Å². The van der Waals surface area contributed by atoms with Gasteiger partial charge in [-0.1, -0.05) is 0 Å². The van der Waals surface area contributed by atoms with Gasteiger partial charge in [-0.15, -0.1) is 0 Å². The Kier molecular flexibility index (Phi) is 3.29. The molecule has 0 bridgehead atoms. The van der Waals surface area contributed by atoms with Gasteiger partial charge in [0.1, 0.15) is 17.2 Å². The van der Waals surface area contributed by atoms with Gasteiger partial charge in [-0.2, -0.15) is 0 Å². The van der Waals surface area contributed by atoms with Crippen LogP contribution in [0, 0.1) is 0 Å². The number of anilines is 1. The van der Waals surface area contributed by atoms with Gasteiger partial charge in [0.15, 0.2) is 0 Å². The van der Waals surface area contributed by atoms with Gasteiger partial charge in [0, 0.05) is 11.6 Å². The van der Waals surface area contributed by atoms with Gasteiger partial charge in [-0.25, -0.2) is 9.78 Å². The van der Waals surface area contributed by atoms with Crippen LogP contribution < -0.4 is 5.32 Å². The summed E-state index contributed by atoms with van der Waals surface area (Å²) in [5.74, 6) is 0.550. The van der Waals surface area contributed by atoms with Crippen LogP contribution in [-0.4, -0.2) is 21.8 Å². The van der Waals surface area contributed by atoms with Gasteiger partial charge in [-0.05, 0) is 50.4 Å². The number of fused-ring (bicyclic) bond motifs is 1.